The average Bonchev–Trinajstić information content (AvgIpc) is 2.72. The molecule has 2 aromatic carbocycles. The van der Waals surface area contributed by atoms with Gasteiger partial charge in [-0.1, -0.05) is 24.3 Å². The number of carbonyl (C=O) groups is 2. The predicted octanol–water partition coefficient (Wildman–Crippen LogP) is 3.12. The molecule has 0 amide bonds. The normalized spacial score (nSPS) is 12.9. The van der Waals surface area contributed by atoms with Gasteiger partial charge in [0.2, 0.25) is 5.78 Å². The highest BCUT2D eigenvalue weighted by atomic mass is 16.5. The van der Waals surface area contributed by atoms with E-state index in [2.05, 4.69) is 9.80 Å². The van der Waals surface area contributed by atoms with E-state index >= 15 is 0 Å². The van der Waals surface area contributed by atoms with Crippen LogP contribution in [0.3, 0.4) is 0 Å². The predicted molar refractivity (Wildman–Crippen MR) is 117 cm³/mol. The Labute approximate surface area is 178 Å². The van der Waals surface area contributed by atoms with E-state index in [9.17, 15) is 9.59 Å². The molecule has 0 bridgehead atoms. The summed E-state index contributed by atoms with van der Waals surface area (Å²) in [4.78, 5) is 30.7. The lowest BCUT2D eigenvalue weighted by molar-refractivity contribution is 0.0971. The molecule has 1 aliphatic carbocycles. The van der Waals surface area contributed by atoms with Crippen molar-refractivity contribution < 1.29 is 19.1 Å². The minimum absolute atomic E-state index is 0.169. The fourth-order valence-corrected chi connectivity index (χ4v) is 3.55. The minimum Gasteiger partial charge on any atom is -0.493 e. The number of carbonyl (C=O) groups excluding carboxylic acids is 2. The summed E-state index contributed by atoms with van der Waals surface area (Å²) >= 11 is 0. The second kappa shape index (κ2) is 9.87. The van der Waals surface area contributed by atoms with E-state index < -0.39 is 0 Å². The van der Waals surface area contributed by atoms with Crippen molar-refractivity contribution >= 4 is 11.6 Å². The molecule has 0 unspecified atom stereocenters. The monoisotopic (exact) mass is 410 g/mol. The SMILES string of the molecule is CN(C)CCCOc1cccc2c1C(=O)c1c(OCCCN(C)C)cccc1C2=O. The standard InChI is InChI=1S/C24H30N2O4/c1-25(2)13-7-15-29-19-11-5-9-17-21(19)24(28)22-18(23(17)27)10-6-12-20(22)30-16-8-14-26(3)4/h5-6,9-12H,7-8,13-16H2,1-4H3. The van der Waals surface area contributed by atoms with Crippen molar-refractivity contribution in [3.05, 3.63) is 58.7 Å². The van der Waals surface area contributed by atoms with Crippen LogP contribution in [0.4, 0.5) is 0 Å². The van der Waals surface area contributed by atoms with Gasteiger partial charge in [0.05, 0.1) is 24.3 Å². The van der Waals surface area contributed by atoms with Crippen molar-refractivity contribution in [2.24, 2.45) is 0 Å². The van der Waals surface area contributed by atoms with Gasteiger partial charge in [-0.3, -0.25) is 9.59 Å². The molecule has 0 N–H and O–H groups in total. The zero-order valence-corrected chi connectivity index (χ0v) is 18.2. The van der Waals surface area contributed by atoms with Crippen molar-refractivity contribution in [2.75, 3.05) is 54.5 Å². The van der Waals surface area contributed by atoms with Gasteiger partial charge in [0, 0.05) is 24.2 Å². The van der Waals surface area contributed by atoms with Crippen LogP contribution in [0.15, 0.2) is 36.4 Å². The number of benzene rings is 2. The number of fused-ring (bicyclic) bond motifs is 2. The maximum Gasteiger partial charge on any atom is 0.201 e. The van der Waals surface area contributed by atoms with E-state index in [1.54, 1.807) is 36.4 Å². The van der Waals surface area contributed by atoms with Crippen molar-refractivity contribution in [3.8, 4) is 11.5 Å². The molecule has 30 heavy (non-hydrogen) atoms. The highest BCUT2D eigenvalue weighted by Gasteiger charge is 2.34. The highest BCUT2D eigenvalue weighted by molar-refractivity contribution is 6.30. The molecule has 0 radical (unpaired) electrons. The first kappa shape index (κ1) is 22.0. The lowest BCUT2D eigenvalue weighted by Crippen LogP contribution is -2.23. The van der Waals surface area contributed by atoms with Gasteiger partial charge in [0.25, 0.3) is 0 Å². The summed E-state index contributed by atoms with van der Waals surface area (Å²) in [6.07, 6.45) is 1.66. The van der Waals surface area contributed by atoms with Crippen LogP contribution >= 0.6 is 0 Å². The largest absolute Gasteiger partial charge is 0.493 e. The smallest absolute Gasteiger partial charge is 0.201 e. The van der Waals surface area contributed by atoms with E-state index in [1.807, 2.05) is 28.2 Å². The summed E-state index contributed by atoms with van der Waals surface area (Å²) in [6, 6.07) is 10.4. The molecule has 160 valence electrons. The molecule has 0 atom stereocenters. The van der Waals surface area contributed by atoms with Crippen LogP contribution in [0, 0.1) is 0 Å². The number of hydrogen-bond donors (Lipinski definition) is 0. The van der Waals surface area contributed by atoms with Gasteiger partial charge in [-0.05, 0) is 53.2 Å². The molecule has 0 saturated carbocycles. The highest BCUT2D eigenvalue weighted by Crippen LogP contribution is 2.37. The summed E-state index contributed by atoms with van der Waals surface area (Å²) in [6.45, 7) is 2.72. The number of nitrogens with zero attached hydrogens (tertiary/aromatic N) is 2. The van der Waals surface area contributed by atoms with Crippen molar-refractivity contribution in [1.29, 1.82) is 0 Å². The van der Waals surface area contributed by atoms with E-state index in [0.29, 0.717) is 47.0 Å². The van der Waals surface area contributed by atoms with Crippen LogP contribution in [0.5, 0.6) is 11.5 Å². The topological polar surface area (TPSA) is 59.1 Å². The first-order valence-electron chi connectivity index (χ1n) is 10.3. The Morgan fingerprint density at radius 1 is 0.667 bits per heavy atom. The fourth-order valence-electron chi connectivity index (χ4n) is 3.55. The van der Waals surface area contributed by atoms with Crippen LogP contribution < -0.4 is 9.47 Å². The third kappa shape index (κ3) is 4.89. The average molecular weight is 411 g/mol. The van der Waals surface area contributed by atoms with Gasteiger partial charge in [-0.15, -0.1) is 0 Å². The van der Waals surface area contributed by atoms with Crippen molar-refractivity contribution in [2.45, 2.75) is 12.8 Å². The van der Waals surface area contributed by atoms with Crippen LogP contribution in [0.2, 0.25) is 0 Å². The molecular weight excluding hydrogens is 380 g/mol. The number of rotatable bonds is 10. The lowest BCUT2D eigenvalue weighted by atomic mass is 9.83. The molecule has 6 nitrogen and oxygen atoms in total. The van der Waals surface area contributed by atoms with Crippen LogP contribution in [0.25, 0.3) is 0 Å². The first-order chi connectivity index (χ1) is 14.4. The Balaban J connectivity index is 1.86. The van der Waals surface area contributed by atoms with E-state index in [1.165, 1.54) is 0 Å². The molecule has 6 heteroatoms. The quantitative estimate of drug-likeness (QED) is 0.479. The molecule has 3 rings (SSSR count). The summed E-state index contributed by atoms with van der Waals surface area (Å²) in [5.74, 6) is 0.526. The maximum absolute atomic E-state index is 13.4. The summed E-state index contributed by atoms with van der Waals surface area (Å²) in [5, 5.41) is 0. The molecule has 0 saturated heterocycles. The third-order valence-corrected chi connectivity index (χ3v) is 5.01. The maximum atomic E-state index is 13.4. The van der Waals surface area contributed by atoms with E-state index in [-0.39, 0.29) is 11.6 Å². The molecule has 1 aliphatic rings. The van der Waals surface area contributed by atoms with Crippen LogP contribution in [-0.4, -0.2) is 75.9 Å². The summed E-state index contributed by atoms with van der Waals surface area (Å²) in [5.41, 5.74) is 1.46. The summed E-state index contributed by atoms with van der Waals surface area (Å²) < 4.78 is 11.8. The van der Waals surface area contributed by atoms with Gasteiger partial charge in [0.1, 0.15) is 11.5 Å². The zero-order chi connectivity index (χ0) is 21.7. The lowest BCUT2D eigenvalue weighted by Gasteiger charge is -2.22. The Kier molecular flexibility index (Phi) is 7.24. The molecular formula is C24H30N2O4. The van der Waals surface area contributed by atoms with E-state index in [4.69, 9.17) is 9.47 Å². The van der Waals surface area contributed by atoms with Crippen molar-refractivity contribution in [3.63, 3.8) is 0 Å². The third-order valence-electron chi connectivity index (χ3n) is 5.01. The van der Waals surface area contributed by atoms with Gasteiger partial charge < -0.3 is 19.3 Å². The summed E-state index contributed by atoms with van der Waals surface area (Å²) in [7, 11) is 8.01. The second-order valence-electron chi connectivity index (χ2n) is 8.03. The number of ketones is 2. The van der Waals surface area contributed by atoms with Gasteiger partial charge in [-0.25, -0.2) is 0 Å². The van der Waals surface area contributed by atoms with Crippen LogP contribution in [-0.2, 0) is 0 Å². The van der Waals surface area contributed by atoms with E-state index in [0.717, 1.165) is 25.9 Å². The Morgan fingerprint density at radius 3 is 1.50 bits per heavy atom. The zero-order valence-electron chi connectivity index (χ0n) is 18.2. The number of hydrogen-bond acceptors (Lipinski definition) is 6. The molecule has 0 spiro atoms. The first-order valence-corrected chi connectivity index (χ1v) is 10.3. The molecule has 0 aliphatic heterocycles. The Hall–Kier alpha value is -2.70. The molecule has 0 fully saturated rings. The Morgan fingerprint density at radius 2 is 1.10 bits per heavy atom. The molecule has 0 aromatic heterocycles. The molecule has 2 aromatic rings. The fraction of sp³-hybridized carbons (Fsp3) is 0.417. The van der Waals surface area contributed by atoms with Crippen LogP contribution in [0.1, 0.15) is 44.7 Å². The van der Waals surface area contributed by atoms with Gasteiger partial charge in [0.15, 0.2) is 5.78 Å². The second-order valence-corrected chi connectivity index (χ2v) is 8.03. The van der Waals surface area contributed by atoms with Gasteiger partial charge >= 0.3 is 0 Å². The number of ether oxygens (including phenoxy) is 2. The van der Waals surface area contributed by atoms with Crippen molar-refractivity contribution in [1.82, 2.24) is 9.80 Å². The minimum atomic E-state index is -0.217. The molecule has 0 heterocycles. The van der Waals surface area contributed by atoms with Gasteiger partial charge in [-0.2, -0.15) is 0 Å². The Bertz CT molecular complexity index is 850.